The Labute approximate surface area is 120 Å². The van der Waals surface area contributed by atoms with Crippen LogP contribution >= 0.6 is 0 Å². The number of aromatic nitrogens is 3. The number of nitrogens with zero attached hydrogens (tertiary/aromatic N) is 3. The summed E-state index contributed by atoms with van der Waals surface area (Å²) < 4.78 is 19.1. The van der Waals surface area contributed by atoms with Crippen molar-refractivity contribution in [2.75, 3.05) is 7.11 Å². The van der Waals surface area contributed by atoms with Crippen LogP contribution in [-0.2, 0) is 11.2 Å². The van der Waals surface area contributed by atoms with Crippen molar-refractivity contribution in [1.82, 2.24) is 14.6 Å². The molecule has 6 heteroatoms. The van der Waals surface area contributed by atoms with Gasteiger partial charge in [0, 0.05) is 6.42 Å². The van der Waals surface area contributed by atoms with Crippen LogP contribution in [0, 0.1) is 5.82 Å². The highest BCUT2D eigenvalue weighted by molar-refractivity contribution is 5.88. The van der Waals surface area contributed by atoms with Crippen LogP contribution in [0.1, 0.15) is 21.9 Å². The molecule has 1 aromatic carbocycles. The summed E-state index contributed by atoms with van der Waals surface area (Å²) in [7, 11) is 1.32. The lowest BCUT2D eigenvalue weighted by molar-refractivity contribution is 0.0591. The largest absolute Gasteiger partial charge is 0.464 e. The van der Waals surface area contributed by atoms with Crippen molar-refractivity contribution in [1.29, 1.82) is 0 Å². The molecule has 0 fully saturated rings. The summed E-state index contributed by atoms with van der Waals surface area (Å²) in [4.78, 5) is 16.0. The van der Waals surface area contributed by atoms with Crippen LogP contribution in [0.25, 0.3) is 5.65 Å². The van der Waals surface area contributed by atoms with Crippen molar-refractivity contribution < 1.29 is 13.9 Å². The third-order valence-corrected chi connectivity index (χ3v) is 3.07. The van der Waals surface area contributed by atoms with Gasteiger partial charge in [-0.05, 0) is 29.8 Å². The second-order valence-corrected chi connectivity index (χ2v) is 4.50. The summed E-state index contributed by atoms with van der Waals surface area (Å²) in [5, 5.41) is 4.31. The normalized spacial score (nSPS) is 10.8. The van der Waals surface area contributed by atoms with Crippen molar-refractivity contribution in [2.45, 2.75) is 6.42 Å². The zero-order valence-corrected chi connectivity index (χ0v) is 11.3. The smallest absolute Gasteiger partial charge is 0.356 e. The number of rotatable bonds is 3. The second kappa shape index (κ2) is 5.32. The third kappa shape index (κ3) is 2.60. The van der Waals surface area contributed by atoms with Crippen LogP contribution in [0.5, 0.6) is 0 Å². The molecule has 0 radical (unpaired) electrons. The number of hydrogen-bond donors (Lipinski definition) is 0. The number of carbonyl (C=O) groups excluding carboxylic acids is 1. The van der Waals surface area contributed by atoms with Crippen molar-refractivity contribution in [2.24, 2.45) is 0 Å². The molecule has 3 rings (SSSR count). The molecule has 0 amide bonds. The van der Waals surface area contributed by atoms with Gasteiger partial charge in [0.15, 0.2) is 17.2 Å². The van der Waals surface area contributed by atoms with Crippen molar-refractivity contribution >= 4 is 11.6 Å². The van der Waals surface area contributed by atoms with E-state index in [0.717, 1.165) is 5.56 Å². The second-order valence-electron chi connectivity index (χ2n) is 4.50. The van der Waals surface area contributed by atoms with Gasteiger partial charge in [-0.25, -0.2) is 18.7 Å². The monoisotopic (exact) mass is 285 g/mol. The van der Waals surface area contributed by atoms with E-state index in [1.165, 1.54) is 23.8 Å². The Bertz CT molecular complexity index is 796. The van der Waals surface area contributed by atoms with E-state index in [0.29, 0.717) is 23.6 Å². The van der Waals surface area contributed by atoms with Crippen molar-refractivity contribution in [3.63, 3.8) is 0 Å². The first kappa shape index (κ1) is 13.2. The third-order valence-electron chi connectivity index (χ3n) is 3.07. The minimum absolute atomic E-state index is 0.283. The summed E-state index contributed by atoms with van der Waals surface area (Å²) >= 11 is 0. The summed E-state index contributed by atoms with van der Waals surface area (Å²) in [6.07, 6.45) is 0.461. The Morgan fingerprint density at radius 2 is 2.00 bits per heavy atom. The van der Waals surface area contributed by atoms with Crippen LogP contribution in [0.2, 0.25) is 0 Å². The van der Waals surface area contributed by atoms with Crippen LogP contribution in [0.4, 0.5) is 4.39 Å². The molecule has 0 aliphatic heterocycles. The fourth-order valence-corrected chi connectivity index (χ4v) is 2.07. The minimum atomic E-state index is -0.473. The molecule has 3 aromatic rings. The predicted molar refractivity (Wildman–Crippen MR) is 73.5 cm³/mol. The zero-order valence-electron chi connectivity index (χ0n) is 11.3. The van der Waals surface area contributed by atoms with Gasteiger partial charge < -0.3 is 4.74 Å². The highest BCUT2D eigenvalue weighted by Crippen LogP contribution is 2.11. The fraction of sp³-hybridized carbons (Fsp3) is 0.133. The average molecular weight is 285 g/mol. The number of benzene rings is 1. The van der Waals surface area contributed by atoms with Crippen LogP contribution in [-0.4, -0.2) is 27.7 Å². The Morgan fingerprint density at radius 3 is 2.71 bits per heavy atom. The number of fused-ring (bicyclic) bond motifs is 1. The lowest BCUT2D eigenvalue weighted by Gasteiger charge is -2.00. The molecule has 106 valence electrons. The molecule has 21 heavy (non-hydrogen) atoms. The Morgan fingerprint density at radius 1 is 1.24 bits per heavy atom. The Hall–Kier alpha value is -2.76. The number of esters is 1. The standard InChI is InChI=1S/C15H12FN3O2/c1-21-15(20)12-3-2-4-14-17-13(18-19(12)14)9-10-5-7-11(16)8-6-10/h2-8H,9H2,1H3. The first-order valence-electron chi connectivity index (χ1n) is 6.35. The topological polar surface area (TPSA) is 56.5 Å². The van der Waals surface area contributed by atoms with E-state index in [2.05, 4.69) is 10.1 Å². The van der Waals surface area contributed by atoms with Gasteiger partial charge in [-0.2, -0.15) is 5.10 Å². The van der Waals surface area contributed by atoms with Gasteiger partial charge in [-0.1, -0.05) is 18.2 Å². The van der Waals surface area contributed by atoms with Gasteiger partial charge in [0.1, 0.15) is 5.82 Å². The number of pyridine rings is 1. The molecule has 0 bridgehead atoms. The highest BCUT2D eigenvalue weighted by atomic mass is 19.1. The van der Waals surface area contributed by atoms with Gasteiger partial charge in [0.25, 0.3) is 0 Å². The van der Waals surface area contributed by atoms with E-state index in [1.54, 1.807) is 30.3 Å². The van der Waals surface area contributed by atoms with E-state index in [-0.39, 0.29) is 5.82 Å². The lowest BCUT2D eigenvalue weighted by atomic mass is 10.1. The maximum Gasteiger partial charge on any atom is 0.356 e. The molecule has 2 aromatic heterocycles. The number of hydrogen-bond acceptors (Lipinski definition) is 4. The molecular weight excluding hydrogens is 273 g/mol. The molecule has 0 N–H and O–H groups in total. The average Bonchev–Trinajstić information content (AvgIpc) is 2.91. The van der Waals surface area contributed by atoms with Gasteiger partial charge in [-0.15, -0.1) is 0 Å². The Kier molecular flexibility index (Phi) is 3.35. The van der Waals surface area contributed by atoms with Crippen LogP contribution < -0.4 is 0 Å². The van der Waals surface area contributed by atoms with E-state index < -0.39 is 5.97 Å². The van der Waals surface area contributed by atoms with E-state index >= 15 is 0 Å². The van der Waals surface area contributed by atoms with E-state index in [4.69, 9.17) is 4.74 Å². The predicted octanol–water partition coefficient (Wildman–Crippen LogP) is 2.25. The minimum Gasteiger partial charge on any atom is -0.464 e. The first-order chi connectivity index (χ1) is 10.2. The summed E-state index contributed by atoms with van der Waals surface area (Å²) in [5.74, 6) is -0.202. The van der Waals surface area contributed by atoms with Gasteiger partial charge in [-0.3, -0.25) is 0 Å². The Balaban J connectivity index is 1.97. The first-order valence-corrected chi connectivity index (χ1v) is 6.35. The molecule has 0 aliphatic rings. The van der Waals surface area contributed by atoms with Crippen molar-refractivity contribution in [3.05, 3.63) is 65.4 Å². The number of methoxy groups -OCH3 is 1. The molecule has 0 aliphatic carbocycles. The lowest BCUT2D eigenvalue weighted by Crippen LogP contribution is -2.08. The molecule has 5 nitrogen and oxygen atoms in total. The SMILES string of the molecule is COC(=O)c1cccc2nc(Cc3ccc(F)cc3)nn12. The van der Waals surface area contributed by atoms with Gasteiger partial charge in [0.2, 0.25) is 0 Å². The van der Waals surface area contributed by atoms with Gasteiger partial charge in [0.05, 0.1) is 7.11 Å². The molecule has 0 spiro atoms. The van der Waals surface area contributed by atoms with Gasteiger partial charge >= 0.3 is 5.97 Å². The molecule has 0 saturated carbocycles. The number of carbonyl (C=O) groups is 1. The van der Waals surface area contributed by atoms with Crippen LogP contribution in [0.3, 0.4) is 0 Å². The molecule has 0 unspecified atom stereocenters. The summed E-state index contributed by atoms with van der Waals surface area (Å²) in [6, 6.07) is 11.3. The zero-order chi connectivity index (χ0) is 14.8. The summed E-state index contributed by atoms with van der Waals surface area (Å²) in [5.41, 5.74) is 1.77. The molecular formula is C15H12FN3O2. The van der Waals surface area contributed by atoms with Crippen molar-refractivity contribution in [3.8, 4) is 0 Å². The number of ether oxygens (including phenoxy) is 1. The molecule has 0 saturated heterocycles. The fourth-order valence-electron chi connectivity index (χ4n) is 2.07. The maximum atomic E-state index is 12.9. The molecule has 2 heterocycles. The molecule has 0 atom stereocenters. The maximum absolute atomic E-state index is 12.9. The van der Waals surface area contributed by atoms with Crippen LogP contribution in [0.15, 0.2) is 42.5 Å². The van der Waals surface area contributed by atoms with E-state index in [9.17, 15) is 9.18 Å². The highest BCUT2D eigenvalue weighted by Gasteiger charge is 2.13. The van der Waals surface area contributed by atoms with E-state index in [1.807, 2.05) is 0 Å². The number of halogens is 1. The quantitative estimate of drug-likeness (QED) is 0.693. The summed E-state index contributed by atoms with van der Waals surface area (Å²) in [6.45, 7) is 0.